The van der Waals surface area contributed by atoms with Gasteiger partial charge in [0.25, 0.3) is 0 Å². The molecule has 0 saturated carbocycles. The summed E-state index contributed by atoms with van der Waals surface area (Å²) in [7, 11) is 0. The van der Waals surface area contributed by atoms with Gasteiger partial charge in [0.1, 0.15) is 6.04 Å². The monoisotopic (exact) mass is 299 g/mol. The topological polar surface area (TPSA) is 90.0 Å². The average Bonchev–Trinajstić information content (AvgIpc) is 2.90. The third-order valence-electron chi connectivity index (χ3n) is 3.58. The highest BCUT2D eigenvalue weighted by atomic mass is 16.4. The maximum Gasteiger partial charge on any atom is 0.318 e. The van der Waals surface area contributed by atoms with Crippen molar-refractivity contribution in [2.75, 3.05) is 19.6 Å². The molecule has 0 spiro atoms. The summed E-state index contributed by atoms with van der Waals surface area (Å²) in [6, 6.07) is -1.12. The first-order valence-corrected chi connectivity index (χ1v) is 7.40. The number of hydrogen-bond acceptors (Lipinski definition) is 3. The molecule has 0 aromatic rings. The van der Waals surface area contributed by atoms with Gasteiger partial charge >= 0.3 is 12.0 Å². The van der Waals surface area contributed by atoms with E-state index in [1.165, 1.54) is 4.90 Å². The largest absolute Gasteiger partial charge is 0.481 e. The molecule has 2 N–H and O–H groups in total. The standard InChI is InChI=1S/C14H25N3O4/c1-10(2)17(9-6-12(18)19)14(21)15-11(3)13(20)16-7-4-5-8-16/h10-11H,4-9H2,1-3H3,(H,15,21)(H,18,19). The zero-order valence-corrected chi connectivity index (χ0v) is 13.0. The molecular formula is C14H25N3O4. The SMILES string of the molecule is CC(NC(=O)N(CCC(=O)O)C(C)C)C(=O)N1CCCC1. The van der Waals surface area contributed by atoms with Crippen molar-refractivity contribution in [1.82, 2.24) is 15.1 Å². The molecule has 120 valence electrons. The summed E-state index contributed by atoms with van der Waals surface area (Å²) in [5, 5.41) is 11.4. The molecule has 0 aliphatic carbocycles. The van der Waals surface area contributed by atoms with Crippen molar-refractivity contribution in [2.24, 2.45) is 0 Å². The van der Waals surface area contributed by atoms with Crippen molar-refractivity contribution in [3.63, 3.8) is 0 Å². The lowest BCUT2D eigenvalue weighted by Crippen LogP contribution is -2.52. The van der Waals surface area contributed by atoms with Crippen molar-refractivity contribution < 1.29 is 19.5 Å². The van der Waals surface area contributed by atoms with Crippen LogP contribution >= 0.6 is 0 Å². The zero-order valence-electron chi connectivity index (χ0n) is 13.0. The summed E-state index contributed by atoms with van der Waals surface area (Å²) in [5.74, 6) is -1.03. The van der Waals surface area contributed by atoms with Gasteiger partial charge in [-0.2, -0.15) is 0 Å². The van der Waals surface area contributed by atoms with Crippen LogP contribution in [0.2, 0.25) is 0 Å². The molecule has 7 nitrogen and oxygen atoms in total. The highest BCUT2D eigenvalue weighted by molar-refractivity contribution is 5.87. The highest BCUT2D eigenvalue weighted by Gasteiger charge is 2.26. The number of rotatable bonds is 6. The third-order valence-corrected chi connectivity index (χ3v) is 3.58. The van der Waals surface area contributed by atoms with Crippen molar-refractivity contribution >= 4 is 17.9 Å². The minimum Gasteiger partial charge on any atom is -0.481 e. The Bertz CT molecular complexity index is 392. The Morgan fingerprint density at radius 3 is 2.24 bits per heavy atom. The fraction of sp³-hybridized carbons (Fsp3) is 0.786. The Morgan fingerprint density at radius 1 is 1.19 bits per heavy atom. The number of carboxylic acid groups (broad SMARTS) is 1. The van der Waals surface area contributed by atoms with E-state index < -0.39 is 18.0 Å². The number of nitrogens with zero attached hydrogens (tertiary/aromatic N) is 2. The normalized spacial score (nSPS) is 15.9. The Balaban J connectivity index is 2.54. The minimum atomic E-state index is -0.949. The smallest absolute Gasteiger partial charge is 0.318 e. The van der Waals surface area contributed by atoms with E-state index in [1.54, 1.807) is 11.8 Å². The second kappa shape index (κ2) is 7.85. The van der Waals surface area contributed by atoms with E-state index in [1.807, 2.05) is 13.8 Å². The van der Waals surface area contributed by atoms with Crippen LogP contribution in [0, 0.1) is 0 Å². The first-order chi connectivity index (χ1) is 9.82. The van der Waals surface area contributed by atoms with E-state index in [4.69, 9.17) is 5.11 Å². The van der Waals surface area contributed by atoms with Crippen LogP contribution in [0.15, 0.2) is 0 Å². The Labute approximate surface area is 125 Å². The molecule has 1 aliphatic heterocycles. The maximum absolute atomic E-state index is 12.2. The molecule has 1 rings (SSSR count). The number of carboxylic acids is 1. The van der Waals surface area contributed by atoms with Gasteiger partial charge in [-0.1, -0.05) is 0 Å². The Morgan fingerprint density at radius 2 is 1.76 bits per heavy atom. The van der Waals surface area contributed by atoms with E-state index >= 15 is 0 Å². The predicted octanol–water partition coefficient (Wildman–Crippen LogP) is 0.892. The average molecular weight is 299 g/mol. The first kappa shape index (κ1) is 17.3. The fourth-order valence-electron chi connectivity index (χ4n) is 2.35. The molecule has 3 amide bonds. The molecule has 1 unspecified atom stereocenters. The van der Waals surface area contributed by atoms with Crippen molar-refractivity contribution in [3.05, 3.63) is 0 Å². The summed E-state index contributed by atoms with van der Waals surface area (Å²) in [5.41, 5.74) is 0. The number of aliphatic carboxylic acids is 1. The summed E-state index contributed by atoms with van der Waals surface area (Å²) in [6.07, 6.45) is 1.90. The van der Waals surface area contributed by atoms with Gasteiger partial charge in [0.15, 0.2) is 0 Å². The lowest BCUT2D eigenvalue weighted by molar-refractivity contribution is -0.137. The van der Waals surface area contributed by atoms with Crippen LogP contribution in [0.3, 0.4) is 0 Å². The molecule has 1 heterocycles. The van der Waals surface area contributed by atoms with Crippen LogP contribution < -0.4 is 5.32 Å². The van der Waals surface area contributed by atoms with Gasteiger partial charge in [-0.05, 0) is 33.6 Å². The van der Waals surface area contributed by atoms with E-state index in [2.05, 4.69) is 5.32 Å². The molecule has 1 atom stereocenters. The van der Waals surface area contributed by atoms with Crippen LogP contribution in [0.25, 0.3) is 0 Å². The molecule has 21 heavy (non-hydrogen) atoms. The molecule has 0 aromatic heterocycles. The quantitative estimate of drug-likeness (QED) is 0.762. The number of hydrogen-bond donors (Lipinski definition) is 2. The van der Waals surface area contributed by atoms with Crippen LogP contribution in [0.5, 0.6) is 0 Å². The van der Waals surface area contributed by atoms with Crippen molar-refractivity contribution in [2.45, 2.75) is 52.1 Å². The summed E-state index contributed by atoms with van der Waals surface area (Å²) < 4.78 is 0. The predicted molar refractivity (Wildman–Crippen MR) is 77.9 cm³/mol. The van der Waals surface area contributed by atoms with E-state index in [-0.39, 0.29) is 24.9 Å². The molecular weight excluding hydrogens is 274 g/mol. The number of likely N-dealkylation sites (tertiary alicyclic amines) is 1. The Kier molecular flexibility index (Phi) is 6.45. The van der Waals surface area contributed by atoms with Crippen LogP contribution in [-0.2, 0) is 9.59 Å². The van der Waals surface area contributed by atoms with Crippen molar-refractivity contribution in [1.29, 1.82) is 0 Å². The number of urea groups is 1. The van der Waals surface area contributed by atoms with Crippen LogP contribution in [-0.4, -0.2) is 64.5 Å². The van der Waals surface area contributed by atoms with Gasteiger partial charge in [-0.3, -0.25) is 9.59 Å². The molecule has 1 saturated heterocycles. The molecule has 0 bridgehead atoms. The third kappa shape index (κ3) is 5.24. The lowest BCUT2D eigenvalue weighted by Gasteiger charge is -2.29. The second-order valence-electron chi connectivity index (χ2n) is 5.63. The van der Waals surface area contributed by atoms with Crippen LogP contribution in [0.4, 0.5) is 4.79 Å². The van der Waals surface area contributed by atoms with Gasteiger partial charge in [0.2, 0.25) is 5.91 Å². The number of carbonyl (C=O) groups is 3. The van der Waals surface area contributed by atoms with Crippen LogP contribution in [0.1, 0.15) is 40.0 Å². The van der Waals surface area contributed by atoms with E-state index in [0.717, 1.165) is 25.9 Å². The molecule has 0 radical (unpaired) electrons. The molecule has 7 heteroatoms. The molecule has 1 aliphatic rings. The zero-order chi connectivity index (χ0) is 16.0. The summed E-state index contributed by atoms with van der Waals surface area (Å²) in [6.45, 7) is 6.90. The minimum absolute atomic E-state index is 0.0807. The highest BCUT2D eigenvalue weighted by Crippen LogP contribution is 2.09. The van der Waals surface area contributed by atoms with E-state index in [0.29, 0.717) is 0 Å². The Hall–Kier alpha value is -1.79. The van der Waals surface area contributed by atoms with Gasteiger partial charge in [0, 0.05) is 25.7 Å². The van der Waals surface area contributed by atoms with Gasteiger partial charge in [-0.15, -0.1) is 0 Å². The summed E-state index contributed by atoms with van der Waals surface area (Å²) in [4.78, 5) is 38.1. The molecule has 0 aromatic carbocycles. The lowest BCUT2D eigenvalue weighted by atomic mass is 10.2. The fourth-order valence-corrected chi connectivity index (χ4v) is 2.35. The number of carbonyl (C=O) groups excluding carboxylic acids is 2. The summed E-state index contributed by atoms with van der Waals surface area (Å²) >= 11 is 0. The van der Waals surface area contributed by atoms with Gasteiger partial charge in [0.05, 0.1) is 6.42 Å². The van der Waals surface area contributed by atoms with E-state index in [9.17, 15) is 14.4 Å². The first-order valence-electron chi connectivity index (χ1n) is 7.40. The number of amides is 3. The van der Waals surface area contributed by atoms with Crippen molar-refractivity contribution in [3.8, 4) is 0 Å². The second-order valence-corrected chi connectivity index (χ2v) is 5.63. The maximum atomic E-state index is 12.2. The molecule has 1 fully saturated rings. The van der Waals surface area contributed by atoms with Gasteiger partial charge in [-0.25, -0.2) is 4.79 Å². The number of nitrogens with one attached hydrogen (secondary N) is 1. The van der Waals surface area contributed by atoms with Gasteiger partial charge < -0.3 is 20.2 Å².